The lowest BCUT2D eigenvalue weighted by Gasteiger charge is -2.12. The van der Waals surface area contributed by atoms with E-state index in [0.29, 0.717) is 16.9 Å². The Balaban J connectivity index is 1.93. The van der Waals surface area contributed by atoms with Gasteiger partial charge in [0.05, 0.1) is 18.5 Å². The number of hydrogen-bond donors (Lipinski definition) is 1. The van der Waals surface area contributed by atoms with Gasteiger partial charge in [0, 0.05) is 11.3 Å². The van der Waals surface area contributed by atoms with Gasteiger partial charge >= 0.3 is 0 Å². The van der Waals surface area contributed by atoms with Crippen molar-refractivity contribution in [3.63, 3.8) is 0 Å². The number of anilines is 1. The van der Waals surface area contributed by atoms with Crippen LogP contribution in [0.1, 0.15) is 53.2 Å². The predicted molar refractivity (Wildman–Crippen MR) is 106 cm³/mol. The summed E-state index contributed by atoms with van der Waals surface area (Å²) in [5.41, 5.74) is 2.80. The number of hydrogen-bond acceptors (Lipinski definition) is 5. The zero-order valence-electron chi connectivity index (χ0n) is 16.3. The number of carbonyl (C=O) groups is 2. The molecule has 0 bridgehead atoms. The Labute approximate surface area is 163 Å². The monoisotopic (exact) mass is 378 g/mol. The van der Waals surface area contributed by atoms with Gasteiger partial charge in [0.1, 0.15) is 5.75 Å². The van der Waals surface area contributed by atoms with E-state index in [4.69, 9.17) is 4.74 Å². The molecule has 2 aromatic carbocycles. The van der Waals surface area contributed by atoms with Crippen molar-refractivity contribution in [1.82, 2.24) is 15.0 Å². The molecule has 7 nitrogen and oxygen atoms in total. The van der Waals surface area contributed by atoms with Crippen molar-refractivity contribution in [3.05, 3.63) is 65.5 Å². The van der Waals surface area contributed by atoms with E-state index in [1.54, 1.807) is 36.1 Å². The third-order valence-corrected chi connectivity index (χ3v) is 4.31. The normalized spacial score (nSPS) is 10.8. The van der Waals surface area contributed by atoms with Gasteiger partial charge in [-0.15, -0.1) is 5.10 Å². The van der Waals surface area contributed by atoms with E-state index in [1.807, 2.05) is 38.1 Å². The van der Waals surface area contributed by atoms with Crippen molar-refractivity contribution in [1.29, 1.82) is 0 Å². The van der Waals surface area contributed by atoms with Crippen molar-refractivity contribution >= 4 is 17.4 Å². The van der Waals surface area contributed by atoms with Gasteiger partial charge in [0.25, 0.3) is 5.91 Å². The Morgan fingerprint density at radius 3 is 2.43 bits per heavy atom. The first kappa shape index (κ1) is 19.3. The molecule has 0 radical (unpaired) electrons. The Bertz CT molecular complexity index is 1010. The summed E-state index contributed by atoms with van der Waals surface area (Å²) < 4.78 is 6.84. The van der Waals surface area contributed by atoms with Crippen LogP contribution in [0, 0.1) is 0 Å². The fourth-order valence-corrected chi connectivity index (χ4v) is 2.89. The molecule has 1 aromatic heterocycles. The van der Waals surface area contributed by atoms with Gasteiger partial charge < -0.3 is 10.1 Å². The van der Waals surface area contributed by atoms with Crippen LogP contribution in [0.3, 0.4) is 0 Å². The van der Waals surface area contributed by atoms with E-state index >= 15 is 0 Å². The van der Waals surface area contributed by atoms with Crippen molar-refractivity contribution in [3.8, 4) is 11.4 Å². The molecule has 7 heteroatoms. The molecule has 28 heavy (non-hydrogen) atoms. The molecule has 0 saturated heterocycles. The summed E-state index contributed by atoms with van der Waals surface area (Å²) in [6, 6.07) is 14.2. The molecule has 1 heterocycles. The molecule has 1 amide bonds. The maximum atomic E-state index is 12.8. The van der Waals surface area contributed by atoms with Gasteiger partial charge in [0.15, 0.2) is 11.5 Å². The highest BCUT2D eigenvalue weighted by molar-refractivity contribution is 6.04. The molecular formula is C21H22N4O3. The molecule has 0 spiro atoms. The van der Waals surface area contributed by atoms with Gasteiger partial charge in [-0.3, -0.25) is 9.59 Å². The summed E-state index contributed by atoms with van der Waals surface area (Å²) in [5, 5.41) is 11.1. The minimum Gasteiger partial charge on any atom is -0.497 e. The first-order valence-corrected chi connectivity index (χ1v) is 8.93. The number of ether oxygens (including phenoxy) is 1. The second kappa shape index (κ2) is 8.04. The number of aromatic nitrogens is 3. The number of ketones is 1. The first-order chi connectivity index (χ1) is 13.4. The van der Waals surface area contributed by atoms with Crippen LogP contribution >= 0.6 is 0 Å². The molecule has 0 atom stereocenters. The molecule has 3 aromatic rings. The van der Waals surface area contributed by atoms with Gasteiger partial charge in [-0.1, -0.05) is 31.2 Å². The zero-order chi connectivity index (χ0) is 20.3. The number of carbonyl (C=O) groups excluding carboxylic acids is 2. The van der Waals surface area contributed by atoms with Crippen LogP contribution in [-0.2, 0) is 0 Å². The fourth-order valence-electron chi connectivity index (χ4n) is 2.89. The number of nitrogens with zero attached hydrogens (tertiary/aromatic N) is 3. The molecule has 0 aliphatic rings. The van der Waals surface area contributed by atoms with Crippen LogP contribution < -0.4 is 10.1 Å². The van der Waals surface area contributed by atoms with Crippen molar-refractivity contribution in [2.24, 2.45) is 0 Å². The Kier molecular flexibility index (Phi) is 5.54. The topological polar surface area (TPSA) is 86.1 Å². The zero-order valence-corrected chi connectivity index (χ0v) is 16.3. The smallest absolute Gasteiger partial charge is 0.278 e. The molecule has 1 N–H and O–H groups in total. The number of amides is 1. The molecule has 0 unspecified atom stereocenters. The first-order valence-electron chi connectivity index (χ1n) is 8.93. The lowest BCUT2D eigenvalue weighted by molar-refractivity contribution is 0.100. The summed E-state index contributed by atoms with van der Waals surface area (Å²) in [5.74, 6) is 0.313. The molecule has 0 aliphatic heterocycles. The molecule has 0 aliphatic carbocycles. The molecule has 3 rings (SSSR count). The van der Waals surface area contributed by atoms with E-state index in [1.165, 1.54) is 6.92 Å². The van der Waals surface area contributed by atoms with E-state index < -0.39 is 0 Å². The number of rotatable bonds is 6. The fraction of sp³-hybridized carbons (Fsp3) is 0.238. The predicted octanol–water partition coefficient (Wildman–Crippen LogP) is 3.85. The van der Waals surface area contributed by atoms with Crippen LogP contribution in [0.4, 0.5) is 5.69 Å². The van der Waals surface area contributed by atoms with Gasteiger partial charge in [-0.05, 0) is 49.2 Å². The third-order valence-electron chi connectivity index (χ3n) is 4.31. The van der Waals surface area contributed by atoms with Crippen LogP contribution in [0.15, 0.2) is 48.5 Å². The van der Waals surface area contributed by atoms with Crippen LogP contribution in [0.2, 0.25) is 0 Å². The number of benzene rings is 2. The number of Topliss-reactive ketones (excluding diaryl/α,β-unsaturated/α-hetero) is 1. The highest BCUT2D eigenvalue weighted by atomic mass is 16.5. The maximum absolute atomic E-state index is 12.8. The van der Waals surface area contributed by atoms with Crippen molar-refractivity contribution in [2.45, 2.75) is 26.7 Å². The van der Waals surface area contributed by atoms with Crippen molar-refractivity contribution in [2.75, 3.05) is 12.4 Å². The van der Waals surface area contributed by atoms with Crippen LogP contribution in [-0.4, -0.2) is 33.8 Å². The number of nitrogens with one attached hydrogen (secondary N) is 1. The van der Waals surface area contributed by atoms with E-state index in [9.17, 15) is 9.59 Å². The highest BCUT2D eigenvalue weighted by Crippen LogP contribution is 2.24. The highest BCUT2D eigenvalue weighted by Gasteiger charge is 2.23. The van der Waals surface area contributed by atoms with E-state index in [2.05, 4.69) is 15.6 Å². The maximum Gasteiger partial charge on any atom is 0.278 e. The Morgan fingerprint density at radius 1 is 1.11 bits per heavy atom. The standard InChI is InChI=1S/C21H22N4O3/c1-13(2)20-19(21(27)22-16-7-5-6-15(12-16)14(3)26)23-24-25(20)17-8-10-18(28-4)11-9-17/h5-13H,1-4H3,(H,22,27). The van der Waals surface area contributed by atoms with Crippen molar-refractivity contribution < 1.29 is 14.3 Å². The summed E-state index contributed by atoms with van der Waals surface area (Å²) in [6.45, 7) is 5.44. The molecule has 144 valence electrons. The van der Waals surface area contributed by atoms with E-state index in [-0.39, 0.29) is 23.3 Å². The van der Waals surface area contributed by atoms with Gasteiger partial charge in [-0.2, -0.15) is 0 Å². The number of methoxy groups -OCH3 is 1. The average Bonchev–Trinajstić information content (AvgIpc) is 3.14. The molecule has 0 saturated carbocycles. The molecular weight excluding hydrogens is 356 g/mol. The van der Waals surface area contributed by atoms with Gasteiger partial charge in [-0.25, -0.2) is 4.68 Å². The van der Waals surface area contributed by atoms with Gasteiger partial charge in [0.2, 0.25) is 0 Å². The summed E-state index contributed by atoms with van der Waals surface area (Å²) in [6.07, 6.45) is 0. The third kappa shape index (κ3) is 3.93. The Hall–Kier alpha value is -3.48. The molecule has 0 fully saturated rings. The lowest BCUT2D eigenvalue weighted by Crippen LogP contribution is -2.16. The lowest BCUT2D eigenvalue weighted by atomic mass is 10.1. The summed E-state index contributed by atoms with van der Waals surface area (Å²) in [7, 11) is 1.60. The quantitative estimate of drug-likeness (QED) is 0.658. The summed E-state index contributed by atoms with van der Waals surface area (Å²) in [4.78, 5) is 24.4. The second-order valence-electron chi connectivity index (χ2n) is 6.68. The second-order valence-corrected chi connectivity index (χ2v) is 6.68. The Morgan fingerprint density at radius 2 is 1.82 bits per heavy atom. The minimum atomic E-state index is -0.371. The largest absolute Gasteiger partial charge is 0.497 e. The SMILES string of the molecule is COc1ccc(-n2nnc(C(=O)Nc3cccc(C(C)=O)c3)c2C(C)C)cc1. The van der Waals surface area contributed by atoms with Crippen LogP contribution in [0.5, 0.6) is 5.75 Å². The van der Waals surface area contributed by atoms with Crippen LogP contribution in [0.25, 0.3) is 5.69 Å². The minimum absolute atomic E-state index is 0.0152. The summed E-state index contributed by atoms with van der Waals surface area (Å²) >= 11 is 0. The average molecular weight is 378 g/mol. The van der Waals surface area contributed by atoms with E-state index in [0.717, 1.165) is 11.4 Å².